The Kier molecular flexibility index (Phi) is 6.05. The number of nitrogens with two attached hydrogens (primary N) is 1. The lowest BCUT2D eigenvalue weighted by Gasteiger charge is -2.27. The average molecular weight is 293 g/mol. The minimum atomic E-state index is -0.874. The fraction of sp³-hybridized carbons (Fsp3) is 0.533. The van der Waals surface area contributed by atoms with Gasteiger partial charge in [-0.15, -0.1) is 0 Å². The Morgan fingerprint density at radius 1 is 1.20 bits per heavy atom. The molecule has 1 fully saturated rings. The van der Waals surface area contributed by atoms with Gasteiger partial charge in [-0.2, -0.15) is 0 Å². The molecule has 0 bridgehead atoms. The van der Waals surface area contributed by atoms with Gasteiger partial charge < -0.3 is 10.6 Å². The van der Waals surface area contributed by atoms with Crippen LogP contribution in [0.3, 0.4) is 0 Å². The van der Waals surface area contributed by atoms with Crippen LogP contribution in [0.1, 0.15) is 24.8 Å². The molecule has 0 aromatic heterocycles. The lowest BCUT2D eigenvalue weighted by atomic mass is 10.1. The average Bonchev–Trinajstić information content (AvgIpc) is 2.49. The van der Waals surface area contributed by atoms with Gasteiger partial charge in [-0.3, -0.25) is 9.20 Å². The normalized spacial score (nSPS) is 18.0. The number of aliphatic imine (C=N–C) groups is 1. The highest BCUT2D eigenvalue weighted by molar-refractivity contribution is 7.84. The molecule has 0 amide bonds. The molecule has 1 aliphatic rings. The smallest absolute Gasteiger partial charge is 0.191 e. The second-order valence-electron chi connectivity index (χ2n) is 5.06. The first-order chi connectivity index (χ1) is 9.75. The number of guanidine groups is 1. The molecule has 0 aliphatic carbocycles. The van der Waals surface area contributed by atoms with Crippen LogP contribution in [0.5, 0.6) is 0 Å². The maximum atomic E-state index is 12.0. The zero-order chi connectivity index (χ0) is 14.2. The van der Waals surface area contributed by atoms with E-state index >= 15 is 0 Å². The number of hydrogen-bond acceptors (Lipinski definition) is 2. The van der Waals surface area contributed by atoms with Crippen LogP contribution in [0.2, 0.25) is 0 Å². The van der Waals surface area contributed by atoms with E-state index in [1.807, 2.05) is 30.3 Å². The summed E-state index contributed by atoms with van der Waals surface area (Å²) in [5.74, 6) is 1.78. The molecule has 1 atom stereocenters. The Morgan fingerprint density at radius 3 is 2.60 bits per heavy atom. The third-order valence-electron chi connectivity index (χ3n) is 3.44. The Balaban J connectivity index is 1.73. The number of hydrogen-bond donors (Lipinski definition) is 1. The molecule has 0 saturated carbocycles. The van der Waals surface area contributed by atoms with Gasteiger partial charge in [0.1, 0.15) is 0 Å². The van der Waals surface area contributed by atoms with Gasteiger partial charge in [0, 0.05) is 35.4 Å². The standard InChI is InChI=1S/C15H23N3OS/c16-15(18-10-5-2-6-11-18)17-9-12-20(19)13-14-7-3-1-4-8-14/h1,3-4,7-8H,2,5-6,9-13H2,(H2,16,17)/t20-/m0/s1. The SMILES string of the molecule is NC(=NCC[S@](=O)Cc1ccccc1)N1CCCCC1. The van der Waals surface area contributed by atoms with Gasteiger partial charge in [0.2, 0.25) is 0 Å². The predicted molar refractivity (Wildman–Crippen MR) is 85.1 cm³/mol. The summed E-state index contributed by atoms with van der Waals surface area (Å²) in [7, 11) is -0.874. The second-order valence-corrected chi connectivity index (χ2v) is 6.64. The van der Waals surface area contributed by atoms with E-state index in [0.29, 0.717) is 24.0 Å². The van der Waals surface area contributed by atoms with Crippen LogP contribution in [-0.2, 0) is 16.6 Å². The number of rotatable bonds is 5. The molecular formula is C15H23N3OS. The maximum absolute atomic E-state index is 12.0. The molecule has 0 spiro atoms. The van der Waals surface area contributed by atoms with Gasteiger partial charge in [-0.25, -0.2) is 0 Å². The molecule has 110 valence electrons. The second kappa shape index (κ2) is 8.04. The van der Waals surface area contributed by atoms with Crippen molar-refractivity contribution < 1.29 is 4.21 Å². The molecule has 1 heterocycles. The van der Waals surface area contributed by atoms with Crippen molar-refractivity contribution in [3.05, 3.63) is 35.9 Å². The van der Waals surface area contributed by atoms with E-state index in [-0.39, 0.29) is 0 Å². The molecule has 1 aromatic carbocycles. The summed E-state index contributed by atoms with van der Waals surface area (Å²) < 4.78 is 12.0. The maximum Gasteiger partial charge on any atom is 0.191 e. The van der Waals surface area contributed by atoms with Gasteiger partial charge in [-0.1, -0.05) is 30.3 Å². The number of likely N-dealkylation sites (tertiary alicyclic amines) is 1. The highest BCUT2D eigenvalue weighted by atomic mass is 32.2. The van der Waals surface area contributed by atoms with Crippen molar-refractivity contribution in [2.75, 3.05) is 25.4 Å². The molecular weight excluding hydrogens is 270 g/mol. The zero-order valence-electron chi connectivity index (χ0n) is 11.8. The number of nitrogens with zero attached hydrogens (tertiary/aromatic N) is 2. The van der Waals surface area contributed by atoms with Crippen LogP contribution >= 0.6 is 0 Å². The number of benzene rings is 1. The summed E-state index contributed by atoms with van der Waals surface area (Å²) in [5, 5.41) is 0. The van der Waals surface area contributed by atoms with E-state index in [9.17, 15) is 4.21 Å². The zero-order valence-corrected chi connectivity index (χ0v) is 12.6. The van der Waals surface area contributed by atoms with Crippen LogP contribution < -0.4 is 5.73 Å². The summed E-state index contributed by atoms with van der Waals surface area (Å²) in [6, 6.07) is 9.92. The molecule has 1 saturated heterocycles. The largest absolute Gasteiger partial charge is 0.370 e. The van der Waals surface area contributed by atoms with E-state index in [1.54, 1.807) is 0 Å². The first kappa shape index (κ1) is 15.0. The third kappa shape index (κ3) is 4.96. The first-order valence-corrected chi connectivity index (χ1v) is 8.68. The molecule has 2 rings (SSSR count). The van der Waals surface area contributed by atoms with Crippen molar-refractivity contribution in [2.24, 2.45) is 10.7 Å². The van der Waals surface area contributed by atoms with Crippen LogP contribution in [0.4, 0.5) is 0 Å². The topological polar surface area (TPSA) is 58.7 Å². The molecule has 0 radical (unpaired) electrons. The summed E-state index contributed by atoms with van der Waals surface area (Å²) in [6.07, 6.45) is 3.66. The van der Waals surface area contributed by atoms with Gasteiger partial charge in [0.25, 0.3) is 0 Å². The minimum absolute atomic E-state index is 0.543. The van der Waals surface area contributed by atoms with Crippen molar-refractivity contribution in [1.82, 2.24) is 4.90 Å². The highest BCUT2D eigenvalue weighted by Crippen LogP contribution is 2.08. The van der Waals surface area contributed by atoms with E-state index in [2.05, 4.69) is 9.89 Å². The lowest BCUT2D eigenvalue weighted by molar-refractivity contribution is 0.338. The summed E-state index contributed by atoms with van der Waals surface area (Å²) in [5.41, 5.74) is 7.07. The molecule has 0 unspecified atom stereocenters. The monoisotopic (exact) mass is 293 g/mol. The van der Waals surface area contributed by atoms with Crippen molar-refractivity contribution >= 4 is 16.8 Å². The van der Waals surface area contributed by atoms with E-state index in [0.717, 1.165) is 18.7 Å². The van der Waals surface area contributed by atoms with Crippen molar-refractivity contribution in [3.8, 4) is 0 Å². The van der Waals surface area contributed by atoms with Crippen LogP contribution in [0, 0.1) is 0 Å². The summed E-state index contributed by atoms with van der Waals surface area (Å²) in [4.78, 5) is 6.49. The van der Waals surface area contributed by atoms with Gasteiger partial charge in [0.05, 0.1) is 6.54 Å². The van der Waals surface area contributed by atoms with Crippen molar-refractivity contribution in [1.29, 1.82) is 0 Å². The molecule has 1 aliphatic heterocycles. The Hall–Kier alpha value is -1.36. The van der Waals surface area contributed by atoms with Gasteiger partial charge in [0.15, 0.2) is 5.96 Å². The summed E-state index contributed by atoms with van der Waals surface area (Å²) in [6.45, 7) is 2.55. The molecule has 5 heteroatoms. The van der Waals surface area contributed by atoms with E-state index in [1.165, 1.54) is 19.3 Å². The van der Waals surface area contributed by atoms with Crippen LogP contribution in [0.25, 0.3) is 0 Å². The fourth-order valence-corrected chi connectivity index (χ4v) is 3.32. The van der Waals surface area contributed by atoms with Gasteiger partial charge >= 0.3 is 0 Å². The number of piperidine rings is 1. The highest BCUT2D eigenvalue weighted by Gasteiger charge is 2.11. The van der Waals surface area contributed by atoms with E-state index < -0.39 is 10.8 Å². The Bertz CT molecular complexity index is 455. The molecule has 4 nitrogen and oxygen atoms in total. The quantitative estimate of drug-likeness (QED) is 0.664. The Morgan fingerprint density at radius 2 is 1.90 bits per heavy atom. The molecule has 1 aromatic rings. The van der Waals surface area contributed by atoms with Crippen molar-refractivity contribution in [2.45, 2.75) is 25.0 Å². The minimum Gasteiger partial charge on any atom is -0.370 e. The Labute approximate surface area is 123 Å². The summed E-state index contributed by atoms with van der Waals surface area (Å²) >= 11 is 0. The van der Waals surface area contributed by atoms with Crippen LogP contribution in [0.15, 0.2) is 35.3 Å². The first-order valence-electron chi connectivity index (χ1n) is 7.19. The van der Waals surface area contributed by atoms with E-state index in [4.69, 9.17) is 5.73 Å². The third-order valence-corrected chi connectivity index (χ3v) is 4.74. The molecule has 20 heavy (non-hydrogen) atoms. The lowest BCUT2D eigenvalue weighted by Crippen LogP contribution is -2.41. The van der Waals surface area contributed by atoms with Crippen molar-refractivity contribution in [3.63, 3.8) is 0 Å². The predicted octanol–water partition coefficient (Wildman–Crippen LogP) is 1.74. The van der Waals surface area contributed by atoms with Crippen LogP contribution in [-0.4, -0.2) is 40.5 Å². The fourth-order valence-electron chi connectivity index (χ4n) is 2.32. The molecule has 2 N–H and O–H groups in total. The van der Waals surface area contributed by atoms with Gasteiger partial charge in [-0.05, 0) is 24.8 Å².